The molecule has 1 aliphatic carbocycles. The predicted octanol–water partition coefficient (Wildman–Crippen LogP) is -0.0110. The molecule has 2 aliphatic rings. The highest BCUT2D eigenvalue weighted by molar-refractivity contribution is 7.91. The van der Waals surface area contributed by atoms with E-state index in [9.17, 15) is 23.4 Å². The van der Waals surface area contributed by atoms with E-state index < -0.39 is 39.0 Å². The van der Waals surface area contributed by atoms with E-state index in [2.05, 4.69) is 0 Å². The quantitative estimate of drug-likeness (QED) is 0.804. The molecule has 0 unspecified atom stereocenters. The standard InChI is InChI=1S/C13H14O7S/c1-21(17,18)11-10(13(11,5-14)12(15)16)7-2-3-8-9(4-7)20-6-19-8/h2-4,10-11,14H,5-6H2,1H3,(H,15,16)/t10-,11-,13+/m0/s1. The molecule has 1 fully saturated rings. The van der Waals surface area contributed by atoms with Crippen LogP contribution in [0.2, 0.25) is 0 Å². The van der Waals surface area contributed by atoms with Crippen molar-refractivity contribution in [1.29, 1.82) is 0 Å². The summed E-state index contributed by atoms with van der Waals surface area (Å²) in [7, 11) is -3.62. The smallest absolute Gasteiger partial charge is 0.314 e. The lowest BCUT2D eigenvalue weighted by Crippen LogP contribution is -2.27. The number of benzene rings is 1. The number of hydrogen-bond donors (Lipinski definition) is 2. The number of carbonyl (C=O) groups is 1. The van der Waals surface area contributed by atoms with Gasteiger partial charge in [0.2, 0.25) is 6.79 Å². The summed E-state index contributed by atoms with van der Waals surface area (Å²) in [5, 5.41) is 17.7. The highest BCUT2D eigenvalue weighted by Gasteiger charge is 2.74. The zero-order valence-corrected chi connectivity index (χ0v) is 12.0. The zero-order chi connectivity index (χ0) is 15.4. The molecule has 0 bridgehead atoms. The minimum atomic E-state index is -3.62. The number of aliphatic hydroxyl groups excluding tert-OH is 1. The first kappa shape index (κ1) is 14.2. The molecule has 1 aromatic carbocycles. The van der Waals surface area contributed by atoms with Crippen LogP contribution in [0.4, 0.5) is 0 Å². The molecule has 7 nitrogen and oxygen atoms in total. The van der Waals surface area contributed by atoms with Gasteiger partial charge in [0.15, 0.2) is 21.3 Å². The Balaban J connectivity index is 2.06. The molecule has 0 amide bonds. The molecule has 0 spiro atoms. The van der Waals surface area contributed by atoms with Crippen LogP contribution in [-0.4, -0.2) is 49.5 Å². The van der Waals surface area contributed by atoms with Gasteiger partial charge in [0.1, 0.15) is 5.41 Å². The van der Waals surface area contributed by atoms with Crippen molar-refractivity contribution in [3.8, 4) is 11.5 Å². The van der Waals surface area contributed by atoms with Crippen molar-refractivity contribution in [2.45, 2.75) is 11.2 Å². The second-order valence-electron chi connectivity index (χ2n) is 5.34. The molecule has 1 aromatic rings. The van der Waals surface area contributed by atoms with Crippen LogP contribution in [-0.2, 0) is 14.6 Å². The van der Waals surface area contributed by atoms with Crippen LogP contribution in [0.25, 0.3) is 0 Å². The molecule has 3 rings (SSSR count). The van der Waals surface area contributed by atoms with Gasteiger partial charge in [-0.15, -0.1) is 0 Å². The van der Waals surface area contributed by atoms with Crippen LogP contribution in [0.3, 0.4) is 0 Å². The number of aliphatic carboxylic acids is 1. The lowest BCUT2D eigenvalue weighted by atomic mass is 10.00. The van der Waals surface area contributed by atoms with Gasteiger partial charge in [-0.1, -0.05) is 6.07 Å². The molecule has 3 atom stereocenters. The van der Waals surface area contributed by atoms with Gasteiger partial charge in [-0.3, -0.25) is 4.79 Å². The molecular weight excluding hydrogens is 300 g/mol. The molecule has 2 N–H and O–H groups in total. The summed E-state index contributed by atoms with van der Waals surface area (Å²) in [6.07, 6.45) is 0.984. The Bertz CT molecular complexity index is 711. The van der Waals surface area contributed by atoms with Gasteiger partial charge in [0.05, 0.1) is 11.9 Å². The average Bonchev–Trinajstić information content (AvgIpc) is 2.92. The number of sulfone groups is 1. The summed E-state index contributed by atoms with van der Waals surface area (Å²) in [6, 6.07) is 4.79. The molecule has 8 heteroatoms. The molecule has 21 heavy (non-hydrogen) atoms. The summed E-state index contributed by atoms with van der Waals surface area (Å²) >= 11 is 0. The van der Waals surface area contributed by atoms with Crippen LogP contribution in [0.1, 0.15) is 11.5 Å². The lowest BCUT2D eigenvalue weighted by molar-refractivity contribution is -0.145. The van der Waals surface area contributed by atoms with Gasteiger partial charge < -0.3 is 19.7 Å². The van der Waals surface area contributed by atoms with E-state index in [-0.39, 0.29) is 6.79 Å². The van der Waals surface area contributed by atoms with E-state index in [0.29, 0.717) is 17.1 Å². The van der Waals surface area contributed by atoms with Crippen molar-refractivity contribution >= 4 is 15.8 Å². The van der Waals surface area contributed by atoms with Gasteiger partial charge in [0, 0.05) is 12.2 Å². The fourth-order valence-electron chi connectivity index (χ4n) is 3.12. The van der Waals surface area contributed by atoms with Gasteiger partial charge in [-0.25, -0.2) is 8.42 Å². The van der Waals surface area contributed by atoms with Gasteiger partial charge in [-0.05, 0) is 17.7 Å². The third-order valence-corrected chi connectivity index (χ3v) is 5.75. The Morgan fingerprint density at radius 2 is 2.05 bits per heavy atom. The second-order valence-corrected chi connectivity index (χ2v) is 7.51. The van der Waals surface area contributed by atoms with E-state index in [1.54, 1.807) is 18.2 Å². The first-order valence-corrected chi connectivity index (χ1v) is 8.20. The molecule has 0 aromatic heterocycles. The van der Waals surface area contributed by atoms with E-state index in [4.69, 9.17) is 9.47 Å². The first-order valence-electron chi connectivity index (χ1n) is 6.25. The van der Waals surface area contributed by atoms with Crippen molar-refractivity contribution in [3.63, 3.8) is 0 Å². The second kappa shape index (κ2) is 4.35. The fraction of sp³-hybridized carbons (Fsp3) is 0.462. The number of carboxylic acid groups (broad SMARTS) is 1. The predicted molar refractivity (Wildman–Crippen MR) is 71.1 cm³/mol. The van der Waals surface area contributed by atoms with Gasteiger partial charge >= 0.3 is 5.97 Å². The summed E-state index contributed by atoms with van der Waals surface area (Å²) in [6.45, 7) is -0.664. The summed E-state index contributed by atoms with van der Waals surface area (Å²) < 4.78 is 34.1. The third kappa shape index (κ3) is 1.90. The minimum absolute atomic E-state index is 0.0725. The van der Waals surface area contributed by atoms with Crippen molar-refractivity contribution in [2.24, 2.45) is 5.41 Å². The molecule has 0 radical (unpaired) electrons. The number of ether oxygens (including phenoxy) is 2. The number of rotatable bonds is 4. The van der Waals surface area contributed by atoms with E-state index in [1.807, 2.05) is 0 Å². The SMILES string of the molecule is CS(=O)(=O)[C@H]1[C@H](c2ccc3c(c2)OCO3)[C@@]1(CO)C(=O)O. The molecular formula is C13H14O7S. The Morgan fingerprint density at radius 3 is 2.57 bits per heavy atom. The average molecular weight is 314 g/mol. The highest BCUT2D eigenvalue weighted by atomic mass is 32.2. The molecule has 114 valence electrons. The zero-order valence-electron chi connectivity index (χ0n) is 11.1. The van der Waals surface area contributed by atoms with E-state index >= 15 is 0 Å². The Labute approximate surface area is 121 Å². The van der Waals surface area contributed by atoms with E-state index in [1.165, 1.54) is 0 Å². The number of carboxylic acids is 1. The summed E-state index contributed by atoms with van der Waals surface area (Å²) in [5.41, 5.74) is -1.19. The maximum atomic E-state index is 11.9. The van der Waals surface area contributed by atoms with Crippen LogP contribution >= 0.6 is 0 Å². The minimum Gasteiger partial charge on any atom is -0.481 e. The molecule has 0 saturated heterocycles. The highest BCUT2D eigenvalue weighted by Crippen LogP contribution is 2.63. The van der Waals surface area contributed by atoms with Gasteiger partial charge in [-0.2, -0.15) is 0 Å². The van der Waals surface area contributed by atoms with Crippen LogP contribution in [0, 0.1) is 5.41 Å². The van der Waals surface area contributed by atoms with E-state index in [0.717, 1.165) is 6.26 Å². The lowest BCUT2D eigenvalue weighted by Gasteiger charge is -2.08. The number of aliphatic hydroxyl groups is 1. The Hall–Kier alpha value is -1.80. The van der Waals surface area contributed by atoms with Crippen LogP contribution < -0.4 is 9.47 Å². The number of fused-ring (bicyclic) bond motifs is 1. The Kier molecular flexibility index (Phi) is 2.93. The maximum absolute atomic E-state index is 11.9. The van der Waals surface area contributed by atoms with Crippen LogP contribution in [0.5, 0.6) is 11.5 Å². The summed E-state index contributed by atoms with van der Waals surface area (Å²) in [5.74, 6) is -1.14. The van der Waals surface area contributed by atoms with Crippen LogP contribution in [0.15, 0.2) is 18.2 Å². The maximum Gasteiger partial charge on any atom is 0.314 e. The third-order valence-electron chi connectivity index (χ3n) is 4.13. The van der Waals surface area contributed by atoms with Crippen molar-refractivity contribution in [2.75, 3.05) is 19.7 Å². The molecule has 1 heterocycles. The van der Waals surface area contributed by atoms with Crippen molar-refractivity contribution in [3.05, 3.63) is 23.8 Å². The van der Waals surface area contributed by atoms with Gasteiger partial charge in [0.25, 0.3) is 0 Å². The largest absolute Gasteiger partial charge is 0.481 e. The van der Waals surface area contributed by atoms with Crippen molar-refractivity contribution in [1.82, 2.24) is 0 Å². The Morgan fingerprint density at radius 1 is 1.38 bits per heavy atom. The first-order chi connectivity index (χ1) is 9.82. The number of hydrogen-bond acceptors (Lipinski definition) is 6. The molecule has 1 saturated carbocycles. The fourth-order valence-corrected chi connectivity index (χ4v) is 5.03. The normalized spacial score (nSPS) is 30.2. The monoisotopic (exact) mass is 314 g/mol. The van der Waals surface area contributed by atoms with Crippen molar-refractivity contribution < 1.29 is 32.9 Å². The topological polar surface area (TPSA) is 110 Å². The summed E-state index contributed by atoms with van der Waals surface area (Å²) in [4.78, 5) is 11.5. The molecule has 1 aliphatic heterocycles.